The van der Waals surface area contributed by atoms with Crippen molar-refractivity contribution in [2.45, 2.75) is 6.18 Å². The van der Waals surface area contributed by atoms with Crippen molar-refractivity contribution in [1.82, 2.24) is 4.98 Å². The first-order chi connectivity index (χ1) is 8.39. The van der Waals surface area contributed by atoms with E-state index in [9.17, 15) is 18.0 Å². The van der Waals surface area contributed by atoms with Crippen LogP contribution in [0.1, 0.15) is 20.9 Å². The van der Waals surface area contributed by atoms with Crippen LogP contribution in [0.15, 0.2) is 29.6 Å². The normalized spacial score (nSPS) is 11.6. The minimum absolute atomic E-state index is 0.0351. The van der Waals surface area contributed by atoms with Crippen molar-refractivity contribution in [2.75, 3.05) is 0 Å². The van der Waals surface area contributed by atoms with Crippen LogP contribution in [0.3, 0.4) is 0 Å². The molecule has 2 aromatic rings. The molecule has 7 heteroatoms. The topological polar surface area (TPSA) is 30.0 Å². The van der Waals surface area contributed by atoms with Crippen LogP contribution in [-0.4, -0.2) is 10.8 Å². The number of rotatable bonds is 2. The van der Waals surface area contributed by atoms with Gasteiger partial charge in [-0.3, -0.25) is 4.79 Å². The summed E-state index contributed by atoms with van der Waals surface area (Å²) in [6.45, 7) is 0. The maximum atomic E-state index is 12.4. The zero-order valence-electron chi connectivity index (χ0n) is 8.66. The molecule has 0 amide bonds. The summed E-state index contributed by atoms with van der Waals surface area (Å²) in [6.07, 6.45) is -4.58. The molecule has 94 valence electrons. The van der Waals surface area contributed by atoms with Gasteiger partial charge in [-0.15, -0.1) is 11.3 Å². The minimum atomic E-state index is -4.58. The number of pyridine rings is 1. The Morgan fingerprint density at radius 2 is 2.00 bits per heavy atom. The van der Waals surface area contributed by atoms with Crippen LogP contribution in [0.4, 0.5) is 13.2 Å². The standard InChI is InChI=1S/C11H5ClF3NOS/c12-10-6(9(17)7-2-1-5-18-7)3-4-8(16-10)11(13,14)15/h1-5H. The number of hydrogen-bond donors (Lipinski definition) is 0. The predicted octanol–water partition coefficient (Wildman–Crippen LogP) is 4.05. The summed E-state index contributed by atoms with van der Waals surface area (Å²) in [5, 5.41) is 1.25. The van der Waals surface area contributed by atoms with E-state index < -0.39 is 22.8 Å². The van der Waals surface area contributed by atoms with Gasteiger partial charge in [-0.25, -0.2) is 4.98 Å². The van der Waals surface area contributed by atoms with Gasteiger partial charge in [0, 0.05) is 0 Å². The van der Waals surface area contributed by atoms with Gasteiger partial charge in [0.25, 0.3) is 0 Å². The van der Waals surface area contributed by atoms with E-state index in [0.717, 1.165) is 12.1 Å². The number of carbonyl (C=O) groups excluding carboxylic acids is 1. The first-order valence-corrected chi connectivity index (χ1v) is 5.97. The molecule has 0 saturated heterocycles. The molecule has 2 nitrogen and oxygen atoms in total. The Hall–Kier alpha value is -1.40. The van der Waals surface area contributed by atoms with Gasteiger partial charge in [0.2, 0.25) is 5.78 Å². The highest BCUT2D eigenvalue weighted by atomic mass is 35.5. The molecule has 0 aliphatic carbocycles. The van der Waals surface area contributed by atoms with Crippen molar-refractivity contribution < 1.29 is 18.0 Å². The molecule has 0 N–H and O–H groups in total. The van der Waals surface area contributed by atoms with Gasteiger partial charge in [0.1, 0.15) is 10.8 Å². The highest BCUT2D eigenvalue weighted by Gasteiger charge is 2.33. The lowest BCUT2D eigenvalue weighted by Crippen LogP contribution is -2.10. The van der Waals surface area contributed by atoms with Crippen molar-refractivity contribution in [2.24, 2.45) is 0 Å². The smallest absolute Gasteiger partial charge is 0.288 e. The molecule has 0 aliphatic heterocycles. The third-order valence-corrected chi connectivity index (χ3v) is 3.29. The molecular formula is C11H5ClF3NOS. The first kappa shape index (κ1) is 13.0. The van der Waals surface area contributed by atoms with Crippen molar-refractivity contribution in [3.05, 3.63) is 50.9 Å². The quantitative estimate of drug-likeness (QED) is 0.617. The number of halogens is 4. The maximum Gasteiger partial charge on any atom is 0.433 e. The Bertz CT molecular complexity index is 580. The zero-order valence-corrected chi connectivity index (χ0v) is 10.2. The number of thiophene rings is 1. The van der Waals surface area contributed by atoms with Crippen LogP contribution in [0, 0.1) is 0 Å². The molecule has 0 atom stereocenters. The van der Waals surface area contributed by atoms with Gasteiger partial charge in [-0.2, -0.15) is 13.2 Å². The van der Waals surface area contributed by atoms with Crippen LogP contribution < -0.4 is 0 Å². The molecule has 0 unspecified atom stereocenters. The largest absolute Gasteiger partial charge is 0.433 e. The zero-order chi connectivity index (χ0) is 13.3. The Labute approximate surface area is 109 Å². The molecule has 2 heterocycles. The van der Waals surface area contributed by atoms with Gasteiger partial charge in [0.05, 0.1) is 10.4 Å². The Balaban J connectivity index is 2.40. The number of aromatic nitrogens is 1. The number of alkyl halides is 3. The number of nitrogens with zero attached hydrogens (tertiary/aromatic N) is 1. The Kier molecular flexibility index (Phi) is 3.41. The molecule has 0 aliphatic rings. The lowest BCUT2D eigenvalue weighted by molar-refractivity contribution is -0.141. The molecule has 0 radical (unpaired) electrons. The Morgan fingerprint density at radius 1 is 1.28 bits per heavy atom. The van der Waals surface area contributed by atoms with E-state index >= 15 is 0 Å². The number of hydrogen-bond acceptors (Lipinski definition) is 3. The monoisotopic (exact) mass is 291 g/mol. The molecule has 0 bridgehead atoms. The predicted molar refractivity (Wildman–Crippen MR) is 62.0 cm³/mol. The molecular weight excluding hydrogens is 287 g/mol. The lowest BCUT2D eigenvalue weighted by atomic mass is 10.1. The van der Waals surface area contributed by atoms with Crippen molar-refractivity contribution in [3.8, 4) is 0 Å². The van der Waals surface area contributed by atoms with E-state index in [-0.39, 0.29) is 5.56 Å². The summed E-state index contributed by atoms with van der Waals surface area (Å²) in [5.74, 6) is -0.434. The number of carbonyl (C=O) groups is 1. The van der Waals surface area contributed by atoms with Crippen LogP contribution in [0.25, 0.3) is 0 Å². The third kappa shape index (κ3) is 2.54. The Morgan fingerprint density at radius 3 is 2.50 bits per heavy atom. The van der Waals surface area contributed by atoms with E-state index in [1.165, 1.54) is 11.3 Å². The average molecular weight is 292 g/mol. The average Bonchev–Trinajstić information content (AvgIpc) is 2.80. The van der Waals surface area contributed by atoms with Gasteiger partial charge in [0.15, 0.2) is 0 Å². The molecule has 2 aromatic heterocycles. The molecule has 2 rings (SSSR count). The van der Waals surface area contributed by atoms with Crippen molar-refractivity contribution >= 4 is 28.7 Å². The molecule has 18 heavy (non-hydrogen) atoms. The molecule has 0 fully saturated rings. The fourth-order valence-corrected chi connectivity index (χ4v) is 2.22. The lowest BCUT2D eigenvalue weighted by Gasteiger charge is -2.07. The van der Waals surface area contributed by atoms with Gasteiger partial charge < -0.3 is 0 Å². The second-order valence-electron chi connectivity index (χ2n) is 3.34. The van der Waals surface area contributed by atoms with E-state index in [0.29, 0.717) is 4.88 Å². The van der Waals surface area contributed by atoms with Crippen LogP contribution in [-0.2, 0) is 6.18 Å². The van der Waals surface area contributed by atoms with Crippen LogP contribution >= 0.6 is 22.9 Å². The fourth-order valence-electron chi connectivity index (χ4n) is 1.30. The highest BCUT2D eigenvalue weighted by Crippen LogP contribution is 2.30. The summed E-state index contributed by atoms with van der Waals surface area (Å²) >= 11 is 6.81. The van der Waals surface area contributed by atoms with Crippen LogP contribution in [0.5, 0.6) is 0 Å². The fraction of sp³-hybridized carbons (Fsp3) is 0.0909. The van der Waals surface area contributed by atoms with E-state index in [4.69, 9.17) is 11.6 Å². The van der Waals surface area contributed by atoms with Crippen molar-refractivity contribution in [1.29, 1.82) is 0 Å². The highest BCUT2D eigenvalue weighted by molar-refractivity contribution is 7.12. The number of ketones is 1. The van der Waals surface area contributed by atoms with Gasteiger partial charge in [-0.05, 0) is 23.6 Å². The maximum absolute atomic E-state index is 12.4. The molecule has 0 spiro atoms. The van der Waals surface area contributed by atoms with E-state index in [1.807, 2.05) is 0 Å². The third-order valence-electron chi connectivity index (χ3n) is 2.13. The van der Waals surface area contributed by atoms with Gasteiger partial charge >= 0.3 is 6.18 Å². The minimum Gasteiger partial charge on any atom is -0.288 e. The second kappa shape index (κ2) is 4.70. The SMILES string of the molecule is O=C(c1cccs1)c1ccc(C(F)(F)F)nc1Cl. The molecule has 0 aromatic carbocycles. The van der Waals surface area contributed by atoms with Gasteiger partial charge in [-0.1, -0.05) is 17.7 Å². The van der Waals surface area contributed by atoms with E-state index in [2.05, 4.69) is 4.98 Å². The summed E-state index contributed by atoms with van der Waals surface area (Å²) in [6, 6.07) is 5.03. The summed E-state index contributed by atoms with van der Waals surface area (Å²) in [4.78, 5) is 15.5. The van der Waals surface area contributed by atoms with Crippen LogP contribution in [0.2, 0.25) is 5.15 Å². The molecule has 0 saturated carbocycles. The van der Waals surface area contributed by atoms with Crippen molar-refractivity contribution in [3.63, 3.8) is 0 Å². The summed E-state index contributed by atoms with van der Waals surface area (Å²) < 4.78 is 37.1. The summed E-state index contributed by atoms with van der Waals surface area (Å²) in [5.41, 5.74) is -1.15. The summed E-state index contributed by atoms with van der Waals surface area (Å²) in [7, 11) is 0. The first-order valence-electron chi connectivity index (χ1n) is 4.71. The second-order valence-corrected chi connectivity index (χ2v) is 4.64. The van der Waals surface area contributed by atoms with E-state index in [1.54, 1.807) is 17.5 Å².